The molecule has 0 aromatic rings. The molecule has 3 N–H and O–H groups in total. The van der Waals surface area contributed by atoms with E-state index >= 15 is 0 Å². The van der Waals surface area contributed by atoms with Gasteiger partial charge in [0.15, 0.2) is 12.2 Å². The summed E-state index contributed by atoms with van der Waals surface area (Å²) in [6.07, 6.45) is 57.1. The van der Waals surface area contributed by atoms with Gasteiger partial charge >= 0.3 is 39.5 Å². The quantitative estimate of drug-likeness (QED) is 0.0222. The number of phosphoric ester groups is 2. The minimum absolute atomic E-state index is 0.106. The zero-order valence-electron chi connectivity index (χ0n) is 62.7. The second-order valence-electron chi connectivity index (χ2n) is 28.7. The van der Waals surface area contributed by atoms with Crippen molar-refractivity contribution in [3.63, 3.8) is 0 Å². The fourth-order valence-electron chi connectivity index (χ4n) is 11.8. The molecule has 0 fully saturated rings. The van der Waals surface area contributed by atoms with Gasteiger partial charge in [-0.2, -0.15) is 0 Å². The third kappa shape index (κ3) is 70.5. The Kier molecular flexibility index (Phi) is 67.4. The van der Waals surface area contributed by atoms with Crippen LogP contribution in [0.25, 0.3) is 0 Å². The van der Waals surface area contributed by atoms with Crippen LogP contribution in [0.4, 0.5) is 0 Å². The maximum Gasteiger partial charge on any atom is 0.472 e. The van der Waals surface area contributed by atoms with Crippen molar-refractivity contribution in [3.05, 3.63) is 0 Å². The Morgan fingerprint density at radius 1 is 0.281 bits per heavy atom. The van der Waals surface area contributed by atoms with E-state index in [1.807, 2.05) is 0 Å². The third-order valence-electron chi connectivity index (χ3n) is 18.0. The van der Waals surface area contributed by atoms with Crippen LogP contribution >= 0.6 is 15.6 Å². The van der Waals surface area contributed by atoms with Crippen molar-refractivity contribution in [3.8, 4) is 0 Å². The highest BCUT2D eigenvalue weighted by atomic mass is 31.2. The highest BCUT2D eigenvalue weighted by Gasteiger charge is 2.30. The molecule has 0 aliphatic rings. The van der Waals surface area contributed by atoms with Crippen molar-refractivity contribution in [1.29, 1.82) is 0 Å². The molecule has 96 heavy (non-hydrogen) atoms. The number of rotatable bonds is 76. The maximum atomic E-state index is 13.1. The van der Waals surface area contributed by atoms with Crippen LogP contribution in [0.15, 0.2) is 0 Å². The molecular formula is C77H150O17P2. The van der Waals surface area contributed by atoms with Crippen LogP contribution in [0.1, 0.15) is 401 Å². The average Bonchev–Trinajstić information content (AvgIpc) is 1.83. The summed E-state index contributed by atoms with van der Waals surface area (Å²) in [5.41, 5.74) is 0. The van der Waals surface area contributed by atoms with Crippen LogP contribution in [0, 0.1) is 11.8 Å². The van der Waals surface area contributed by atoms with E-state index in [4.69, 9.17) is 37.0 Å². The summed E-state index contributed by atoms with van der Waals surface area (Å²) in [6, 6.07) is 0. The average molecular weight is 1410 g/mol. The van der Waals surface area contributed by atoms with Crippen LogP contribution in [0.2, 0.25) is 0 Å². The predicted octanol–water partition coefficient (Wildman–Crippen LogP) is 22.7. The van der Waals surface area contributed by atoms with Gasteiger partial charge in [-0.15, -0.1) is 0 Å². The van der Waals surface area contributed by atoms with E-state index in [-0.39, 0.29) is 25.7 Å². The summed E-state index contributed by atoms with van der Waals surface area (Å²) in [5, 5.41) is 10.6. The third-order valence-corrected chi connectivity index (χ3v) is 19.9. The molecule has 17 nitrogen and oxygen atoms in total. The van der Waals surface area contributed by atoms with E-state index in [1.54, 1.807) is 0 Å². The largest absolute Gasteiger partial charge is 0.472 e. The second-order valence-corrected chi connectivity index (χ2v) is 31.6. The number of unbranched alkanes of at least 4 members (excludes halogenated alkanes) is 46. The summed E-state index contributed by atoms with van der Waals surface area (Å²) in [7, 11) is -9.91. The maximum absolute atomic E-state index is 13.1. The number of aliphatic hydroxyl groups excluding tert-OH is 1. The first kappa shape index (κ1) is 94.1. The lowest BCUT2D eigenvalue weighted by molar-refractivity contribution is -0.161. The summed E-state index contributed by atoms with van der Waals surface area (Å²) in [6.45, 7) is 9.56. The molecule has 19 heteroatoms. The lowest BCUT2D eigenvalue weighted by Crippen LogP contribution is -2.30. The standard InChI is InChI=1S/C77H150O17P2/c1-7-9-11-13-15-16-17-18-19-20-21-22-23-24-25-26-31-37-43-49-55-61-76(81)94-73(66-88-75(80)60-54-48-42-36-30-28-27-29-34-40-45-51-57-69(3)4)68-92-96(85,86)90-64-71(78)63-89-95(83,84)91-67-72(65-87-74(79)59-53-47-39-14-12-10-8-2)93-77(82)62-56-50-44-38-33-32-35-41-46-52-58-70(5)6/h69-73,78H,7-68H2,1-6H3,(H,83,84)(H,85,86)/t71-,72+,73+/m0/s1. The lowest BCUT2D eigenvalue weighted by Gasteiger charge is -2.21. The van der Waals surface area contributed by atoms with Crippen molar-refractivity contribution in [2.75, 3.05) is 39.6 Å². The smallest absolute Gasteiger partial charge is 0.462 e. The summed E-state index contributed by atoms with van der Waals surface area (Å²) < 4.78 is 68.4. The van der Waals surface area contributed by atoms with Gasteiger partial charge in [0.05, 0.1) is 26.4 Å². The number of hydrogen-bond donors (Lipinski definition) is 3. The number of ether oxygens (including phenoxy) is 4. The number of carbonyl (C=O) groups is 4. The van der Waals surface area contributed by atoms with Crippen molar-refractivity contribution in [2.45, 2.75) is 419 Å². The second kappa shape index (κ2) is 68.8. The SMILES string of the molecule is CCCCCCCCCCCCCCCCCCCCCCCC(=O)O[C@H](COC(=O)CCCCCCCCCCCCCCC(C)C)COP(=O)(O)OC[C@@H](O)COP(=O)(O)OC[C@@H](COC(=O)CCCCCCCCC)OC(=O)CCCCCCCCCCCCC(C)C. The first-order valence-corrected chi connectivity index (χ1v) is 43.0. The normalized spacial score (nSPS) is 14.0. The number of hydrogen-bond acceptors (Lipinski definition) is 15. The molecule has 2 unspecified atom stereocenters. The van der Waals surface area contributed by atoms with E-state index in [0.717, 1.165) is 115 Å². The monoisotopic (exact) mass is 1410 g/mol. The summed E-state index contributed by atoms with van der Waals surface area (Å²) in [4.78, 5) is 72.7. The molecule has 0 aliphatic heterocycles. The van der Waals surface area contributed by atoms with Gasteiger partial charge in [0.25, 0.3) is 0 Å². The Balaban J connectivity index is 5.17. The predicted molar refractivity (Wildman–Crippen MR) is 391 cm³/mol. The van der Waals surface area contributed by atoms with E-state index in [1.165, 1.54) is 205 Å². The molecule has 0 bridgehead atoms. The van der Waals surface area contributed by atoms with E-state index < -0.39 is 97.5 Å². The van der Waals surface area contributed by atoms with Gasteiger partial charge < -0.3 is 33.8 Å². The molecule has 0 saturated carbocycles. The van der Waals surface area contributed by atoms with Gasteiger partial charge in [-0.25, -0.2) is 9.13 Å². The van der Waals surface area contributed by atoms with Gasteiger partial charge in [-0.3, -0.25) is 37.3 Å². The van der Waals surface area contributed by atoms with E-state index in [2.05, 4.69) is 41.5 Å². The van der Waals surface area contributed by atoms with Gasteiger partial charge in [0.1, 0.15) is 19.3 Å². The van der Waals surface area contributed by atoms with Crippen LogP contribution in [-0.4, -0.2) is 96.7 Å². The fourth-order valence-corrected chi connectivity index (χ4v) is 13.4. The molecule has 0 rings (SSSR count). The van der Waals surface area contributed by atoms with E-state index in [9.17, 15) is 43.2 Å². The van der Waals surface area contributed by atoms with E-state index in [0.29, 0.717) is 25.7 Å². The summed E-state index contributed by atoms with van der Waals surface area (Å²) in [5.74, 6) is -0.586. The topological polar surface area (TPSA) is 237 Å². The van der Waals surface area contributed by atoms with Gasteiger partial charge in [-0.05, 0) is 37.5 Å². The zero-order valence-corrected chi connectivity index (χ0v) is 64.5. The lowest BCUT2D eigenvalue weighted by atomic mass is 10.0. The Bertz CT molecular complexity index is 1860. The highest BCUT2D eigenvalue weighted by molar-refractivity contribution is 7.47. The minimum Gasteiger partial charge on any atom is -0.462 e. The van der Waals surface area contributed by atoms with Crippen LogP contribution in [0.5, 0.6) is 0 Å². The van der Waals surface area contributed by atoms with Crippen LogP contribution in [-0.2, 0) is 65.4 Å². The molecule has 0 spiro atoms. The van der Waals surface area contributed by atoms with Crippen molar-refractivity contribution in [1.82, 2.24) is 0 Å². The molecule has 5 atom stereocenters. The number of aliphatic hydroxyl groups is 1. The Morgan fingerprint density at radius 2 is 0.479 bits per heavy atom. The van der Waals surface area contributed by atoms with Crippen molar-refractivity contribution < 1.29 is 80.2 Å². The first-order valence-electron chi connectivity index (χ1n) is 40.0. The van der Waals surface area contributed by atoms with Crippen LogP contribution < -0.4 is 0 Å². The van der Waals surface area contributed by atoms with Gasteiger partial charge in [-0.1, -0.05) is 350 Å². The summed E-state index contributed by atoms with van der Waals surface area (Å²) >= 11 is 0. The Hall–Kier alpha value is -1.94. The first-order chi connectivity index (χ1) is 46.4. The van der Waals surface area contributed by atoms with Gasteiger partial charge in [0.2, 0.25) is 0 Å². The molecule has 0 heterocycles. The molecule has 570 valence electrons. The number of esters is 4. The molecule has 0 aromatic carbocycles. The van der Waals surface area contributed by atoms with Crippen molar-refractivity contribution in [2.24, 2.45) is 11.8 Å². The molecular weight excluding hydrogens is 1260 g/mol. The fraction of sp³-hybridized carbons (Fsp3) is 0.948. The molecule has 0 aromatic heterocycles. The number of phosphoric acid groups is 2. The molecule has 0 aliphatic carbocycles. The van der Waals surface area contributed by atoms with Gasteiger partial charge in [0, 0.05) is 25.7 Å². The highest BCUT2D eigenvalue weighted by Crippen LogP contribution is 2.45. The molecule has 0 saturated heterocycles. The number of carbonyl (C=O) groups excluding carboxylic acids is 4. The minimum atomic E-state index is -4.96. The molecule has 0 radical (unpaired) electrons. The molecule has 0 amide bonds. The van der Waals surface area contributed by atoms with Crippen molar-refractivity contribution >= 4 is 39.5 Å². The Morgan fingerprint density at radius 3 is 0.708 bits per heavy atom. The zero-order chi connectivity index (χ0) is 70.7. The Labute approximate surface area is 588 Å². The van der Waals surface area contributed by atoms with Crippen LogP contribution in [0.3, 0.4) is 0 Å².